The fourth-order valence-corrected chi connectivity index (χ4v) is 10.6. The van der Waals surface area contributed by atoms with E-state index in [1.54, 1.807) is 22.3 Å². The molecule has 0 amide bonds. The maximum atomic E-state index is 7.03. The third-order valence-corrected chi connectivity index (χ3v) is 22.4. The monoisotopic (exact) mass is 679 g/mol. The van der Waals surface area contributed by atoms with Crippen molar-refractivity contribution in [3.05, 3.63) is 106 Å². The van der Waals surface area contributed by atoms with Crippen LogP contribution in [0.15, 0.2) is 94.5 Å². The molecule has 5 heteroatoms. The highest BCUT2D eigenvalue weighted by atomic mass is 28.4. The molecule has 2 aromatic carbocycles. The van der Waals surface area contributed by atoms with E-state index in [1.165, 1.54) is 84.4 Å². The van der Waals surface area contributed by atoms with E-state index in [1.807, 2.05) is 0 Å². The molecule has 2 unspecified atom stereocenters. The fraction of sp³-hybridized carbons (Fsp3) is 0.524. The summed E-state index contributed by atoms with van der Waals surface area (Å²) in [7, 11) is -3.81. The van der Waals surface area contributed by atoms with Gasteiger partial charge in [-0.2, -0.15) is 0 Å². The smallest absolute Gasteiger partial charge is 0.250 e. The van der Waals surface area contributed by atoms with Gasteiger partial charge in [-0.05, 0) is 122 Å². The number of rotatable bonds is 8. The minimum atomic E-state index is -1.92. The summed E-state index contributed by atoms with van der Waals surface area (Å²) in [6.45, 7) is 23.6. The van der Waals surface area contributed by atoms with Crippen LogP contribution in [0, 0.1) is 0 Å². The Morgan fingerprint density at radius 3 is 1.21 bits per heavy atom. The first-order valence-electron chi connectivity index (χ1n) is 18.3. The molecule has 251 valence electrons. The lowest BCUT2D eigenvalue weighted by molar-refractivity contribution is 0.362. The summed E-state index contributed by atoms with van der Waals surface area (Å²) >= 11 is 0. The first-order chi connectivity index (χ1) is 22.0. The Bertz CT molecular complexity index is 1480. The summed E-state index contributed by atoms with van der Waals surface area (Å²) < 4.78 is 14.1. The molecule has 0 fully saturated rings. The molecule has 47 heavy (non-hydrogen) atoms. The molecule has 2 aromatic rings. The lowest BCUT2D eigenvalue weighted by Gasteiger charge is -2.38. The Labute approximate surface area is 290 Å². The van der Waals surface area contributed by atoms with Crippen LogP contribution in [-0.2, 0) is 8.85 Å². The summed E-state index contributed by atoms with van der Waals surface area (Å²) in [6, 6.07) is 19.2. The van der Waals surface area contributed by atoms with Gasteiger partial charge < -0.3 is 8.85 Å². The second-order valence-electron chi connectivity index (χ2n) is 17.7. The average Bonchev–Trinajstić information content (AvgIpc) is 3.53. The zero-order valence-electron chi connectivity index (χ0n) is 31.0. The standard InChI is InChI=1S/C42H59O2Si3/c1-41(2,3)46(7,8)43-37-27-31-15-11-13-17-35(31)39(37)29-19-23-33(24-20-29)45-34-25-21-30(22-26-34)40-36-18-14-12-16-32(36)28-38(40)44-47(9,10)42(4,5)6/h19-28,39-40,45H,11-18H2,1-10H3. The van der Waals surface area contributed by atoms with E-state index in [2.05, 4.69) is 128 Å². The molecule has 0 saturated heterocycles. The van der Waals surface area contributed by atoms with Gasteiger partial charge in [0.2, 0.25) is 16.6 Å². The van der Waals surface area contributed by atoms with Crippen molar-refractivity contribution in [1.82, 2.24) is 0 Å². The molecule has 0 bridgehead atoms. The van der Waals surface area contributed by atoms with E-state index in [9.17, 15) is 0 Å². The van der Waals surface area contributed by atoms with Gasteiger partial charge >= 0.3 is 0 Å². The highest BCUT2D eigenvalue weighted by molar-refractivity contribution is 6.74. The number of hydrogen-bond donors (Lipinski definition) is 0. The van der Waals surface area contributed by atoms with Crippen molar-refractivity contribution in [2.75, 3.05) is 0 Å². The van der Waals surface area contributed by atoms with Crippen molar-refractivity contribution in [3.8, 4) is 0 Å². The molecule has 4 aliphatic rings. The van der Waals surface area contributed by atoms with Crippen molar-refractivity contribution >= 4 is 36.5 Å². The third-order valence-electron chi connectivity index (χ3n) is 12.2. The van der Waals surface area contributed by atoms with E-state index in [0.717, 1.165) is 0 Å². The summed E-state index contributed by atoms with van der Waals surface area (Å²) in [5, 5.41) is 3.28. The molecule has 6 rings (SSSR count). The summed E-state index contributed by atoms with van der Waals surface area (Å²) in [5.41, 5.74) is 9.15. The van der Waals surface area contributed by atoms with Crippen molar-refractivity contribution < 1.29 is 8.85 Å². The van der Waals surface area contributed by atoms with E-state index in [0.29, 0.717) is 11.8 Å². The topological polar surface area (TPSA) is 18.5 Å². The number of hydrogen-bond acceptors (Lipinski definition) is 2. The van der Waals surface area contributed by atoms with Gasteiger partial charge in [0, 0.05) is 0 Å². The van der Waals surface area contributed by atoms with E-state index >= 15 is 0 Å². The molecular weight excluding hydrogens is 621 g/mol. The largest absolute Gasteiger partial charge is 0.546 e. The van der Waals surface area contributed by atoms with Crippen LogP contribution in [-0.4, -0.2) is 26.2 Å². The molecule has 0 saturated carbocycles. The third kappa shape index (κ3) is 7.05. The summed E-state index contributed by atoms with van der Waals surface area (Å²) in [6.07, 6.45) is 14.9. The Morgan fingerprint density at radius 2 is 0.872 bits per heavy atom. The lowest BCUT2D eigenvalue weighted by Crippen LogP contribution is -2.41. The maximum Gasteiger partial charge on any atom is 0.250 e. The van der Waals surface area contributed by atoms with E-state index in [-0.39, 0.29) is 19.6 Å². The summed E-state index contributed by atoms with van der Waals surface area (Å²) in [4.78, 5) is 0. The number of allylic oxidation sites excluding steroid dienone is 6. The van der Waals surface area contributed by atoms with Crippen LogP contribution in [0.5, 0.6) is 0 Å². The number of benzene rings is 2. The van der Waals surface area contributed by atoms with Gasteiger partial charge in [-0.3, -0.25) is 0 Å². The summed E-state index contributed by atoms with van der Waals surface area (Å²) in [5.74, 6) is 3.02. The van der Waals surface area contributed by atoms with Crippen LogP contribution in [0.25, 0.3) is 0 Å². The van der Waals surface area contributed by atoms with Crippen molar-refractivity contribution in [2.24, 2.45) is 0 Å². The molecule has 4 aliphatic carbocycles. The van der Waals surface area contributed by atoms with Gasteiger partial charge in [0.05, 0.1) is 23.4 Å². The van der Waals surface area contributed by atoms with Gasteiger partial charge in [-0.25, -0.2) is 0 Å². The highest BCUT2D eigenvalue weighted by Crippen LogP contribution is 2.51. The van der Waals surface area contributed by atoms with Gasteiger partial charge in [0.1, 0.15) is 9.52 Å². The molecule has 0 aliphatic heterocycles. The molecule has 0 aromatic heterocycles. The van der Waals surface area contributed by atoms with Gasteiger partial charge in [-0.15, -0.1) is 0 Å². The minimum absolute atomic E-state index is 0.0351. The van der Waals surface area contributed by atoms with Crippen LogP contribution in [0.3, 0.4) is 0 Å². The second-order valence-corrected chi connectivity index (χ2v) is 28.7. The second kappa shape index (κ2) is 12.8. The molecule has 0 heterocycles. The predicted octanol–water partition coefficient (Wildman–Crippen LogP) is 10.8. The average molecular weight is 680 g/mol. The fourth-order valence-electron chi connectivity index (χ4n) is 7.31. The molecule has 1 radical (unpaired) electrons. The SMILES string of the molecule is CC(C)(C)[Si](C)(C)OC1=CC2=C(CCCC2)C1c1ccc([SiH]c2ccc(C3C(O[Si](C)(C)C(C)(C)C)=CC4=C3CCCC4)cc2)cc1. The Hall–Kier alpha value is -2.35. The molecular formula is C42H59O2Si3. The highest BCUT2D eigenvalue weighted by Gasteiger charge is 2.44. The van der Waals surface area contributed by atoms with Crippen molar-refractivity contribution in [2.45, 2.75) is 141 Å². The Kier molecular flexibility index (Phi) is 9.43. The molecule has 2 nitrogen and oxygen atoms in total. The Balaban J connectivity index is 1.19. The molecule has 0 spiro atoms. The predicted molar refractivity (Wildman–Crippen MR) is 209 cm³/mol. The van der Waals surface area contributed by atoms with Gasteiger partial charge in [0.25, 0.3) is 0 Å². The Morgan fingerprint density at radius 1 is 0.532 bits per heavy atom. The van der Waals surface area contributed by atoms with Crippen LogP contribution < -0.4 is 10.4 Å². The van der Waals surface area contributed by atoms with Gasteiger partial charge in [0.15, 0.2) is 0 Å². The minimum Gasteiger partial charge on any atom is -0.546 e. The maximum absolute atomic E-state index is 7.03. The zero-order chi connectivity index (χ0) is 33.8. The molecule has 0 N–H and O–H groups in total. The zero-order valence-corrected chi connectivity index (χ0v) is 34.1. The van der Waals surface area contributed by atoms with E-state index in [4.69, 9.17) is 8.85 Å². The first-order valence-corrected chi connectivity index (χ1v) is 25.3. The quantitative estimate of drug-likeness (QED) is 0.259. The van der Waals surface area contributed by atoms with Gasteiger partial charge in [-0.1, -0.05) is 112 Å². The normalized spacial score (nSPS) is 22.2. The van der Waals surface area contributed by atoms with E-state index < -0.39 is 16.6 Å². The van der Waals surface area contributed by atoms with Crippen molar-refractivity contribution in [3.63, 3.8) is 0 Å². The molecule has 2 atom stereocenters. The van der Waals surface area contributed by atoms with Crippen LogP contribution in [0.4, 0.5) is 0 Å². The van der Waals surface area contributed by atoms with Crippen LogP contribution in [0.1, 0.15) is 116 Å². The van der Waals surface area contributed by atoms with Crippen LogP contribution >= 0.6 is 0 Å². The first kappa shape index (κ1) is 34.5. The van der Waals surface area contributed by atoms with Crippen LogP contribution in [0.2, 0.25) is 36.3 Å². The lowest BCUT2D eigenvalue weighted by atomic mass is 9.84. The van der Waals surface area contributed by atoms with Crippen molar-refractivity contribution in [1.29, 1.82) is 0 Å².